The van der Waals surface area contributed by atoms with E-state index in [0.29, 0.717) is 19.6 Å². The fraction of sp³-hybridized carbons (Fsp3) is 0.292. The third-order valence-corrected chi connectivity index (χ3v) is 6.02. The molecule has 3 heterocycles. The van der Waals surface area contributed by atoms with Crippen molar-refractivity contribution in [3.8, 4) is 0 Å². The molecule has 3 aromatic rings. The Morgan fingerprint density at radius 3 is 2.60 bits per heavy atom. The standard InChI is InChI=1S/C24H24N4O2/c29-23-17-27(15-19-4-3-9-25-13-19)24(30)22-16-26(10-11-28(22)23)14-18-7-8-20-5-1-2-6-21(20)12-18/h1-9,12-13,22H,10-11,14-17H2. The van der Waals surface area contributed by atoms with Crippen LogP contribution in [0.2, 0.25) is 0 Å². The van der Waals surface area contributed by atoms with E-state index in [2.05, 4.69) is 40.2 Å². The predicted molar refractivity (Wildman–Crippen MR) is 114 cm³/mol. The molecule has 2 saturated heterocycles. The topological polar surface area (TPSA) is 56.8 Å². The zero-order valence-corrected chi connectivity index (χ0v) is 16.8. The molecule has 2 aliphatic heterocycles. The van der Waals surface area contributed by atoms with Crippen LogP contribution in [0.1, 0.15) is 11.1 Å². The summed E-state index contributed by atoms with van der Waals surface area (Å²) < 4.78 is 0. The number of hydrogen-bond donors (Lipinski definition) is 0. The molecule has 0 N–H and O–H groups in total. The zero-order chi connectivity index (χ0) is 20.5. The summed E-state index contributed by atoms with van der Waals surface area (Å²) in [5.74, 6) is 0.0653. The van der Waals surface area contributed by atoms with Crippen LogP contribution in [0.5, 0.6) is 0 Å². The molecule has 1 atom stereocenters. The summed E-state index contributed by atoms with van der Waals surface area (Å²) in [6.07, 6.45) is 3.46. The number of nitrogens with zero attached hydrogens (tertiary/aromatic N) is 4. The van der Waals surface area contributed by atoms with Crippen molar-refractivity contribution in [1.29, 1.82) is 0 Å². The summed E-state index contributed by atoms with van der Waals surface area (Å²) in [4.78, 5) is 35.7. The largest absolute Gasteiger partial charge is 0.327 e. The van der Waals surface area contributed by atoms with E-state index in [4.69, 9.17) is 0 Å². The van der Waals surface area contributed by atoms with Gasteiger partial charge in [0.05, 0.1) is 0 Å². The van der Waals surface area contributed by atoms with E-state index in [-0.39, 0.29) is 18.4 Å². The van der Waals surface area contributed by atoms with Crippen LogP contribution >= 0.6 is 0 Å². The quantitative estimate of drug-likeness (QED) is 0.674. The molecule has 0 aliphatic carbocycles. The first kappa shape index (κ1) is 18.8. The molecule has 0 bridgehead atoms. The molecule has 2 amide bonds. The van der Waals surface area contributed by atoms with Gasteiger partial charge in [0.2, 0.25) is 11.8 Å². The highest BCUT2D eigenvalue weighted by Gasteiger charge is 2.42. The highest BCUT2D eigenvalue weighted by molar-refractivity contribution is 5.95. The van der Waals surface area contributed by atoms with Crippen molar-refractivity contribution >= 4 is 22.6 Å². The predicted octanol–water partition coefficient (Wildman–Crippen LogP) is 2.29. The second kappa shape index (κ2) is 7.88. The number of amides is 2. The Morgan fingerprint density at radius 2 is 1.77 bits per heavy atom. The fourth-order valence-electron chi connectivity index (χ4n) is 4.48. The van der Waals surface area contributed by atoms with E-state index in [1.54, 1.807) is 22.2 Å². The van der Waals surface area contributed by atoms with Crippen molar-refractivity contribution in [3.63, 3.8) is 0 Å². The lowest BCUT2D eigenvalue weighted by Crippen LogP contribution is -2.66. The van der Waals surface area contributed by atoms with Crippen molar-refractivity contribution in [3.05, 3.63) is 78.1 Å². The van der Waals surface area contributed by atoms with Crippen LogP contribution in [0, 0.1) is 0 Å². The fourth-order valence-corrected chi connectivity index (χ4v) is 4.48. The number of fused-ring (bicyclic) bond motifs is 2. The first-order valence-corrected chi connectivity index (χ1v) is 10.3. The lowest BCUT2D eigenvalue weighted by molar-refractivity contribution is -0.160. The van der Waals surface area contributed by atoms with Crippen molar-refractivity contribution in [2.24, 2.45) is 0 Å². The molecule has 152 valence electrons. The lowest BCUT2D eigenvalue weighted by atomic mass is 10.0. The first-order chi connectivity index (χ1) is 14.7. The molecule has 0 spiro atoms. The van der Waals surface area contributed by atoms with Crippen LogP contribution in [0.4, 0.5) is 0 Å². The molecule has 2 fully saturated rings. The van der Waals surface area contributed by atoms with Gasteiger partial charge in [0.15, 0.2) is 0 Å². The van der Waals surface area contributed by atoms with Gasteiger partial charge in [-0.2, -0.15) is 0 Å². The van der Waals surface area contributed by atoms with Gasteiger partial charge in [-0.1, -0.05) is 42.5 Å². The van der Waals surface area contributed by atoms with Crippen LogP contribution in [-0.2, 0) is 22.7 Å². The highest BCUT2D eigenvalue weighted by Crippen LogP contribution is 2.22. The second-order valence-corrected chi connectivity index (χ2v) is 8.08. The molecule has 1 unspecified atom stereocenters. The van der Waals surface area contributed by atoms with E-state index in [0.717, 1.165) is 18.7 Å². The Bertz CT molecular complexity index is 1080. The molecule has 1 aromatic heterocycles. The minimum atomic E-state index is -0.405. The lowest BCUT2D eigenvalue weighted by Gasteiger charge is -2.46. The normalized spacial score (nSPS) is 19.9. The van der Waals surface area contributed by atoms with Crippen LogP contribution in [0.25, 0.3) is 10.8 Å². The Hall–Kier alpha value is -3.25. The average molecular weight is 400 g/mol. The van der Waals surface area contributed by atoms with Crippen molar-refractivity contribution in [2.75, 3.05) is 26.2 Å². The Morgan fingerprint density at radius 1 is 0.900 bits per heavy atom. The van der Waals surface area contributed by atoms with Crippen molar-refractivity contribution in [2.45, 2.75) is 19.1 Å². The molecular weight excluding hydrogens is 376 g/mol. The van der Waals surface area contributed by atoms with Gasteiger partial charge >= 0.3 is 0 Å². The molecule has 0 saturated carbocycles. The zero-order valence-electron chi connectivity index (χ0n) is 16.8. The van der Waals surface area contributed by atoms with Crippen molar-refractivity contribution in [1.82, 2.24) is 19.7 Å². The minimum Gasteiger partial charge on any atom is -0.327 e. The maximum atomic E-state index is 13.2. The minimum absolute atomic E-state index is 0.0293. The summed E-state index contributed by atoms with van der Waals surface area (Å²) in [6, 6.07) is 18.2. The molecule has 5 rings (SSSR count). The average Bonchev–Trinajstić information content (AvgIpc) is 2.78. The van der Waals surface area contributed by atoms with E-state index in [9.17, 15) is 9.59 Å². The monoisotopic (exact) mass is 400 g/mol. The summed E-state index contributed by atoms with van der Waals surface area (Å²) in [5, 5.41) is 2.45. The third kappa shape index (κ3) is 3.66. The van der Waals surface area contributed by atoms with Gasteiger partial charge < -0.3 is 9.80 Å². The van der Waals surface area contributed by atoms with Gasteiger partial charge in [-0.25, -0.2) is 0 Å². The summed E-state index contributed by atoms with van der Waals surface area (Å²) in [6.45, 7) is 3.30. The first-order valence-electron chi connectivity index (χ1n) is 10.3. The maximum Gasteiger partial charge on any atom is 0.247 e. The van der Waals surface area contributed by atoms with E-state index < -0.39 is 6.04 Å². The van der Waals surface area contributed by atoms with Gasteiger partial charge in [0, 0.05) is 45.1 Å². The van der Waals surface area contributed by atoms with Crippen LogP contribution < -0.4 is 0 Å². The number of hydrogen-bond acceptors (Lipinski definition) is 4. The second-order valence-electron chi connectivity index (χ2n) is 8.08. The Balaban J connectivity index is 1.30. The molecular formula is C24H24N4O2. The summed E-state index contributed by atoms with van der Waals surface area (Å²) in [5.41, 5.74) is 2.17. The number of benzene rings is 2. The molecule has 2 aromatic carbocycles. The van der Waals surface area contributed by atoms with Gasteiger partial charge in [0.1, 0.15) is 12.6 Å². The smallest absolute Gasteiger partial charge is 0.247 e. The number of carbonyl (C=O) groups is 2. The van der Waals surface area contributed by atoms with E-state index in [1.807, 2.05) is 24.3 Å². The summed E-state index contributed by atoms with van der Waals surface area (Å²) >= 11 is 0. The number of rotatable bonds is 4. The SMILES string of the molecule is O=C1C2CN(Cc3ccc4ccccc4c3)CCN2C(=O)CN1Cc1cccnc1. The number of aromatic nitrogens is 1. The van der Waals surface area contributed by atoms with Gasteiger partial charge in [-0.05, 0) is 34.0 Å². The van der Waals surface area contributed by atoms with Gasteiger partial charge in [-0.3, -0.25) is 19.5 Å². The Kier molecular flexibility index (Phi) is 4.93. The Labute approximate surface area is 175 Å². The highest BCUT2D eigenvalue weighted by atomic mass is 16.2. The molecule has 6 nitrogen and oxygen atoms in total. The maximum absolute atomic E-state index is 13.2. The number of pyridine rings is 1. The molecule has 30 heavy (non-hydrogen) atoms. The number of carbonyl (C=O) groups excluding carboxylic acids is 2. The van der Waals surface area contributed by atoms with Gasteiger partial charge in [-0.15, -0.1) is 0 Å². The van der Waals surface area contributed by atoms with Crippen LogP contribution in [0.15, 0.2) is 67.0 Å². The van der Waals surface area contributed by atoms with Crippen molar-refractivity contribution < 1.29 is 9.59 Å². The van der Waals surface area contributed by atoms with E-state index in [1.165, 1.54) is 16.3 Å². The van der Waals surface area contributed by atoms with Gasteiger partial charge in [0.25, 0.3) is 0 Å². The molecule has 2 aliphatic rings. The summed E-state index contributed by atoms with van der Waals surface area (Å²) in [7, 11) is 0. The molecule has 0 radical (unpaired) electrons. The number of piperazine rings is 2. The van der Waals surface area contributed by atoms with E-state index >= 15 is 0 Å². The molecule has 6 heteroatoms. The third-order valence-electron chi connectivity index (χ3n) is 6.02. The van der Waals surface area contributed by atoms with Crippen LogP contribution in [0.3, 0.4) is 0 Å². The van der Waals surface area contributed by atoms with Crippen LogP contribution in [-0.4, -0.2) is 63.7 Å².